The van der Waals surface area contributed by atoms with E-state index >= 15 is 0 Å². The SMILES string of the molecule is COCCn1nc2n(c1=O)CCC1(CC2)CCN(C(=O)CC(C)(C)C)CC1. The van der Waals surface area contributed by atoms with Gasteiger partial charge in [-0.1, -0.05) is 20.8 Å². The Balaban J connectivity index is 1.61. The van der Waals surface area contributed by atoms with Crippen molar-refractivity contribution in [1.29, 1.82) is 0 Å². The van der Waals surface area contributed by atoms with Gasteiger partial charge >= 0.3 is 5.69 Å². The molecule has 0 saturated carbocycles. The van der Waals surface area contributed by atoms with E-state index in [0.717, 1.165) is 57.6 Å². The highest BCUT2D eigenvalue weighted by molar-refractivity contribution is 5.76. The van der Waals surface area contributed by atoms with E-state index in [2.05, 4.69) is 25.9 Å². The lowest BCUT2D eigenvalue weighted by molar-refractivity contribution is -0.135. The average Bonchev–Trinajstić information content (AvgIpc) is 2.79. The number of likely N-dealkylation sites (tertiary alicyclic amines) is 1. The van der Waals surface area contributed by atoms with Gasteiger partial charge in [-0.05, 0) is 36.5 Å². The molecule has 7 heteroatoms. The summed E-state index contributed by atoms with van der Waals surface area (Å²) in [4.78, 5) is 27.1. The van der Waals surface area contributed by atoms with E-state index in [1.807, 2.05) is 9.47 Å². The van der Waals surface area contributed by atoms with Gasteiger partial charge in [-0.3, -0.25) is 9.36 Å². The van der Waals surface area contributed by atoms with Crippen molar-refractivity contribution in [1.82, 2.24) is 19.2 Å². The quantitative estimate of drug-likeness (QED) is 0.804. The fraction of sp³-hybridized carbons (Fsp3) is 0.850. The van der Waals surface area contributed by atoms with E-state index in [9.17, 15) is 9.59 Å². The lowest BCUT2D eigenvalue weighted by Gasteiger charge is -2.42. The Morgan fingerprint density at radius 1 is 1.15 bits per heavy atom. The standard InChI is InChI=1S/C20H34N4O3/c1-19(2,3)15-17(25)22-10-7-20(8-11-22)6-5-16-21-24(13-14-27-4)18(26)23(16)12-9-20/h5-15H2,1-4H3. The normalized spacial score (nSPS) is 19.8. The van der Waals surface area contributed by atoms with Crippen molar-refractivity contribution in [2.45, 2.75) is 72.4 Å². The lowest BCUT2D eigenvalue weighted by atomic mass is 9.72. The van der Waals surface area contributed by atoms with E-state index in [-0.39, 0.29) is 22.4 Å². The molecular formula is C20H34N4O3. The highest BCUT2D eigenvalue weighted by atomic mass is 16.5. The zero-order chi connectivity index (χ0) is 19.7. The molecule has 152 valence electrons. The number of aryl methyl sites for hydroxylation is 1. The van der Waals surface area contributed by atoms with Gasteiger partial charge in [0, 0.05) is 39.6 Å². The fourth-order valence-electron chi connectivity index (χ4n) is 4.37. The van der Waals surface area contributed by atoms with Crippen LogP contribution in [0.5, 0.6) is 0 Å². The van der Waals surface area contributed by atoms with E-state index in [1.165, 1.54) is 4.68 Å². The molecule has 3 heterocycles. The van der Waals surface area contributed by atoms with Crippen LogP contribution in [0.15, 0.2) is 4.79 Å². The van der Waals surface area contributed by atoms with E-state index in [1.54, 1.807) is 7.11 Å². The van der Waals surface area contributed by atoms with Crippen LogP contribution in [0.1, 0.15) is 58.7 Å². The summed E-state index contributed by atoms with van der Waals surface area (Å²) < 4.78 is 8.45. The van der Waals surface area contributed by atoms with Gasteiger partial charge in [-0.2, -0.15) is 5.10 Å². The van der Waals surface area contributed by atoms with Gasteiger partial charge in [0.2, 0.25) is 5.91 Å². The monoisotopic (exact) mass is 378 g/mol. The second-order valence-electron chi connectivity index (χ2n) is 9.43. The average molecular weight is 379 g/mol. The molecule has 0 N–H and O–H groups in total. The predicted octanol–water partition coefficient (Wildman–Crippen LogP) is 2.07. The molecule has 3 rings (SSSR count). The second-order valence-corrected chi connectivity index (χ2v) is 9.43. The van der Waals surface area contributed by atoms with E-state index in [0.29, 0.717) is 19.6 Å². The van der Waals surface area contributed by atoms with Gasteiger partial charge in [0.05, 0.1) is 13.2 Å². The summed E-state index contributed by atoms with van der Waals surface area (Å²) in [5.74, 6) is 1.18. The maximum absolute atomic E-state index is 12.6. The molecule has 0 unspecified atom stereocenters. The summed E-state index contributed by atoms with van der Waals surface area (Å²) >= 11 is 0. The number of aromatic nitrogens is 3. The molecule has 1 saturated heterocycles. The summed E-state index contributed by atoms with van der Waals surface area (Å²) in [5, 5.41) is 4.53. The minimum absolute atomic E-state index is 0.0168. The van der Waals surface area contributed by atoms with Crippen LogP contribution in [0.25, 0.3) is 0 Å². The van der Waals surface area contributed by atoms with Crippen LogP contribution in [0.3, 0.4) is 0 Å². The Morgan fingerprint density at radius 3 is 2.44 bits per heavy atom. The Labute approximate surface area is 161 Å². The molecule has 2 aliphatic heterocycles. The predicted molar refractivity (Wildman–Crippen MR) is 104 cm³/mol. The third kappa shape index (κ3) is 4.62. The fourth-order valence-corrected chi connectivity index (χ4v) is 4.37. The minimum Gasteiger partial charge on any atom is -0.383 e. The molecule has 0 radical (unpaired) electrons. The molecule has 0 bridgehead atoms. The Kier molecular flexibility index (Phi) is 5.79. The number of fused-ring (bicyclic) bond motifs is 1. The lowest BCUT2D eigenvalue weighted by Crippen LogP contribution is -2.44. The van der Waals surface area contributed by atoms with Gasteiger partial charge in [-0.25, -0.2) is 9.48 Å². The molecule has 0 aliphatic carbocycles. The van der Waals surface area contributed by atoms with E-state index < -0.39 is 0 Å². The number of ether oxygens (including phenoxy) is 1. The Bertz CT molecular complexity index is 721. The van der Waals surface area contributed by atoms with Crippen molar-refractivity contribution >= 4 is 5.91 Å². The van der Waals surface area contributed by atoms with Crippen molar-refractivity contribution in [2.24, 2.45) is 10.8 Å². The van der Waals surface area contributed by atoms with Crippen LogP contribution in [0.2, 0.25) is 0 Å². The van der Waals surface area contributed by atoms with Crippen molar-refractivity contribution in [3.05, 3.63) is 16.3 Å². The van der Waals surface area contributed by atoms with Crippen LogP contribution in [-0.2, 0) is 29.0 Å². The van der Waals surface area contributed by atoms with Gasteiger partial charge < -0.3 is 9.64 Å². The van der Waals surface area contributed by atoms with Crippen molar-refractivity contribution in [2.75, 3.05) is 26.8 Å². The Morgan fingerprint density at radius 2 is 1.81 bits per heavy atom. The smallest absolute Gasteiger partial charge is 0.345 e. The van der Waals surface area contributed by atoms with Crippen LogP contribution < -0.4 is 5.69 Å². The number of methoxy groups -OCH3 is 1. The third-order valence-corrected chi connectivity index (χ3v) is 6.11. The van der Waals surface area contributed by atoms with Crippen molar-refractivity contribution < 1.29 is 9.53 Å². The highest BCUT2D eigenvalue weighted by Crippen LogP contribution is 2.41. The second kappa shape index (κ2) is 7.78. The van der Waals surface area contributed by atoms with Crippen LogP contribution in [0, 0.1) is 10.8 Å². The zero-order valence-corrected chi connectivity index (χ0v) is 17.3. The summed E-state index contributed by atoms with van der Waals surface area (Å²) in [6.45, 7) is 9.76. The molecule has 1 amide bonds. The Hall–Kier alpha value is -1.63. The van der Waals surface area contributed by atoms with Gasteiger partial charge in [-0.15, -0.1) is 0 Å². The number of hydrogen-bond donors (Lipinski definition) is 0. The first-order valence-electron chi connectivity index (χ1n) is 10.2. The van der Waals surface area contributed by atoms with Gasteiger partial charge in [0.25, 0.3) is 0 Å². The molecule has 0 atom stereocenters. The summed E-state index contributed by atoms with van der Waals surface area (Å²) in [7, 11) is 1.63. The van der Waals surface area contributed by atoms with Crippen molar-refractivity contribution in [3.63, 3.8) is 0 Å². The molecule has 1 aromatic rings. The topological polar surface area (TPSA) is 69.4 Å². The van der Waals surface area contributed by atoms with Gasteiger partial charge in [0.1, 0.15) is 5.82 Å². The summed E-state index contributed by atoms with van der Waals surface area (Å²) in [5.41, 5.74) is 0.257. The molecule has 1 aromatic heterocycles. The molecule has 0 aromatic carbocycles. The number of rotatable bonds is 4. The molecule has 7 nitrogen and oxygen atoms in total. The van der Waals surface area contributed by atoms with Gasteiger partial charge in [0.15, 0.2) is 0 Å². The maximum atomic E-state index is 12.6. The number of carbonyl (C=O) groups is 1. The molecule has 27 heavy (non-hydrogen) atoms. The van der Waals surface area contributed by atoms with Crippen LogP contribution in [-0.4, -0.2) is 52.0 Å². The number of hydrogen-bond acceptors (Lipinski definition) is 4. The third-order valence-electron chi connectivity index (χ3n) is 6.11. The van der Waals surface area contributed by atoms with Crippen LogP contribution >= 0.6 is 0 Å². The number of piperidine rings is 1. The molecule has 1 fully saturated rings. The first-order valence-corrected chi connectivity index (χ1v) is 10.2. The molecular weight excluding hydrogens is 344 g/mol. The van der Waals surface area contributed by atoms with Crippen molar-refractivity contribution in [3.8, 4) is 0 Å². The van der Waals surface area contributed by atoms with Crippen LogP contribution in [0.4, 0.5) is 0 Å². The number of amides is 1. The maximum Gasteiger partial charge on any atom is 0.345 e. The number of nitrogens with zero attached hydrogens (tertiary/aromatic N) is 4. The molecule has 1 spiro atoms. The summed E-state index contributed by atoms with van der Waals surface area (Å²) in [6, 6.07) is 0. The highest BCUT2D eigenvalue weighted by Gasteiger charge is 2.38. The summed E-state index contributed by atoms with van der Waals surface area (Å²) in [6.07, 6.45) is 5.56. The van der Waals surface area contributed by atoms with E-state index in [4.69, 9.17) is 4.74 Å². The largest absolute Gasteiger partial charge is 0.383 e. The first kappa shape index (κ1) is 20.1. The first-order chi connectivity index (χ1) is 12.7. The minimum atomic E-state index is -0.0168. The number of carbonyl (C=O) groups excluding carboxylic acids is 1. The molecule has 2 aliphatic rings. The zero-order valence-electron chi connectivity index (χ0n) is 17.3.